The van der Waals surface area contributed by atoms with Crippen LogP contribution in [0, 0.1) is 22.7 Å². The van der Waals surface area contributed by atoms with E-state index in [0.29, 0.717) is 72.5 Å². The Kier molecular flexibility index (Phi) is 5.70. The molecule has 8 rings (SSSR count). The molecule has 1 spiro atoms. The molecule has 0 aromatic carbocycles. The van der Waals surface area contributed by atoms with E-state index in [1.807, 2.05) is 0 Å². The Morgan fingerprint density at radius 1 is 1.05 bits per heavy atom. The average Bonchev–Trinajstić information content (AvgIpc) is 3.72. The Bertz CT molecular complexity index is 1480. The van der Waals surface area contributed by atoms with E-state index in [-0.39, 0.29) is 17.0 Å². The second kappa shape index (κ2) is 9.15. The van der Waals surface area contributed by atoms with Gasteiger partial charge in [0.2, 0.25) is 0 Å². The third kappa shape index (κ3) is 3.84. The maximum absolute atomic E-state index is 14.4. The summed E-state index contributed by atoms with van der Waals surface area (Å²) in [5.41, 5.74) is 7.94. The third-order valence-electron chi connectivity index (χ3n) is 10.5. The van der Waals surface area contributed by atoms with Gasteiger partial charge in [-0.1, -0.05) is 0 Å². The number of alkyl halides is 1. The minimum Gasteiger partial charge on any atom is -0.461 e. The summed E-state index contributed by atoms with van der Waals surface area (Å²) in [6.07, 6.45) is 5.72. The van der Waals surface area contributed by atoms with Gasteiger partial charge in [-0.05, 0) is 50.6 Å². The number of halogens is 1. The van der Waals surface area contributed by atoms with Crippen LogP contribution in [0.2, 0.25) is 0 Å². The lowest BCUT2D eigenvalue weighted by molar-refractivity contribution is 0.107. The molecule has 2 aromatic rings. The van der Waals surface area contributed by atoms with Gasteiger partial charge in [-0.2, -0.15) is 20.5 Å². The molecule has 3 N–H and O–H groups in total. The summed E-state index contributed by atoms with van der Waals surface area (Å²) >= 11 is 1.54. The number of rotatable bonds is 5. The predicted octanol–water partition coefficient (Wildman–Crippen LogP) is 2.46. The number of nitrogens with one attached hydrogen (secondary N) is 1. The molecule has 0 amide bonds. The molecule has 0 radical (unpaired) electrons. The number of ether oxygens (including phenoxy) is 1. The minimum absolute atomic E-state index is 0.148. The number of hydrogen-bond acceptors (Lipinski definition) is 11. The zero-order valence-corrected chi connectivity index (χ0v) is 23.9. The molecule has 2 bridgehead atoms. The highest BCUT2D eigenvalue weighted by molar-refractivity contribution is 7.16. The van der Waals surface area contributed by atoms with E-state index in [9.17, 15) is 14.9 Å². The van der Waals surface area contributed by atoms with Gasteiger partial charge in [-0.3, -0.25) is 4.90 Å². The zero-order chi connectivity index (χ0) is 27.9. The first-order valence-electron chi connectivity index (χ1n) is 14.8. The van der Waals surface area contributed by atoms with Crippen LogP contribution in [0.5, 0.6) is 6.01 Å². The Morgan fingerprint density at radius 2 is 1.78 bits per heavy atom. The van der Waals surface area contributed by atoms with Gasteiger partial charge in [0.05, 0.1) is 11.1 Å². The SMILES string of the molecule is N#Cc1c(N2CC3CC[C@H](C2)N3)nc(OC[C@@]23CCCN2C[C@H](F)C3)nc1N1CC2(CCc3sc(N)c(C#N)c32)C1. The first-order valence-corrected chi connectivity index (χ1v) is 15.6. The van der Waals surface area contributed by atoms with E-state index in [4.69, 9.17) is 20.4 Å². The fourth-order valence-electron chi connectivity index (χ4n) is 8.63. The van der Waals surface area contributed by atoms with Gasteiger partial charge >= 0.3 is 6.01 Å². The lowest BCUT2D eigenvalue weighted by atomic mass is 9.74. The summed E-state index contributed by atoms with van der Waals surface area (Å²) in [5.74, 6) is 1.22. The van der Waals surface area contributed by atoms with Crippen molar-refractivity contribution in [2.24, 2.45) is 0 Å². The van der Waals surface area contributed by atoms with Crippen LogP contribution in [0.4, 0.5) is 21.0 Å². The summed E-state index contributed by atoms with van der Waals surface area (Å²) in [5, 5.41) is 24.5. The van der Waals surface area contributed by atoms with Gasteiger partial charge in [-0.15, -0.1) is 11.3 Å². The van der Waals surface area contributed by atoms with Crippen molar-refractivity contribution < 1.29 is 9.13 Å². The monoisotopic (exact) mass is 575 g/mol. The molecule has 1 unspecified atom stereocenters. The van der Waals surface area contributed by atoms with E-state index in [1.54, 1.807) is 0 Å². The van der Waals surface area contributed by atoms with Crippen LogP contribution in [-0.4, -0.2) is 84.5 Å². The molecule has 214 valence electrons. The predicted molar refractivity (Wildman–Crippen MR) is 153 cm³/mol. The summed E-state index contributed by atoms with van der Waals surface area (Å²) < 4.78 is 20.8. The standard InChI is InChI=1S/C29H34FN9OS/c30-17-8-29(5-1-7-39(29)11-17)16-40-27-35-25(37-12-18-2-3-19(13-37)34-18)21(10-32)26(36-27)38-14-28(15-38)6-4-22-23(28)20(9-31)24(33)41-22/h17-19,34H,1-8,11-16,33H2/t17-,18-,19?,29+/m1/s1. The average molecular weight is 576 g/mol. The fraction of sp³-hybridized carbons (Fsp3) is 0.655. The summed E-state index contributed by atoms with van der Waals surface area (Å²) in [6, 6.07) is 5.80. The van der Waals surface area contributed by atoms with E-state index < -0.39 is 6.17 Å². The molecule has 4 atom stereocenters. The number of aryl methyl sites for hydroxylation is 1. The molecule has 0 saturated carbocycles. The maximum atomic E-state index is 14.4. The third-order valence-corrected chi connectivity index (χ3v) is 11.6. The van der Waals surface area contributed by atoms with Gasteiger partial charge in [0.25, 0.3) is 0 Å². The first kappa shape index (κ1) is 25.5. The molecule has 2 aromatic heterocycles. The van der Waals surface area contributed by atoms with Crippen molar-refractivity contribution in [3.05, 3.63) is 21.6 Å². The number of aromatic nitrogens is 2. The number of nitrogens with two attached hydrogens (primary N) is 1. The van der Waals surface area contributed by atoms with Crippen LogP contribution < -0.4 is 25.6 Å². The second-order valence-electron chi connectivity index (χ2n) is 12.9. The number of nitriles is 2. The van der Waals surface area contributed by atoms with Gasteiger partial charge in [0, 0.05) is 61.5 Å². The number of hydrogen-bond donors (Lipinski definition) is 2. The quantitative estimate of drug-likeness (QED) is 0.548. The van der Waals surface area contributed by atoms with Crippen LogP contribution in [0.3, 0.4) is 0 Å². The molecule has 12 heteroatoms. The molecule has 5 saturated heterocycles. The number of fused-ring (bicyclic) bond motifs is 5. The van der Waals surface area contributed by atoms with E-state index >= 15 is 0 Å². The Hall–Kier alpha value is -3.19. The minimum atomic E-state index is -0.832. The number of thiophene rings is 1. The fourth-order valence-corrected chi connectivity index (χ4v) is 9.77. The second-order valence-corrected chi connectivity index (χ2v) is 14.1. The lowest BCUT2D eigenvalue weighted by Crippen LogP contribution is -2.59. The maximum Gasteiger partial charge on any atom is 0.320 e. The highest BCUT2D eigenvalue weighted by Crippen LogP contribution is 2.53. The number of anilines is 3. The van der Waals surface area contributed by atoms with Crippen LogP contribution in [0.1, 0.15) is 60.1 Å². The van der Waals surface area contributed by atoms with Crippen LogP contribution in [-0.2, 0) is 11.8 Å². The molecule has 10 nitrogen and oxygen atoms in total. The van der Waals surface area contributed by atoms with E-state index in [0.717, 1.165) is 63.7 Å². The van der Waals surface area contributed by atoms with Crippen LogP contribution in [0.15, 0.2) is 0 Å². The van der Waals surface area contributed by atoms with Crippen molar-refractivity contribution in [1.29, 1.82) is 10.5 Å². The van der Waals surface area contributed by atoms with Crippen molar-refractivity contribution in [3.8, 4) is 18.1 Å². The van der Waals surface area contributed by atoms with E-state index in [2.05, 4.69) is 32.2 Å². The van der Waals surface area contributed by atoms with Gasteiger partial charge in [0.15, 0.2) is 11.6 Å². The van der Waals surface area contributed by atoms with Crippen molar-refractivity contribution in [1.82, 2.24) is 20.2 Å². The van der Waals surface area contributed by atoms with Gasteiger partial charge in [-0.25, -0.2) is 4.39 Å². The van der Waals surface area contributed by atoms with E-state index in [1.165, 1.54) is 16.2 Å². The highest BCUT2D eigenvalue weighted by atomic mass is 32.1. The smallest absolute Gasteiger partial charge is 0.320 e. The van der Waals surface area contributed by atoms with Crippen molar-refractivity contribution in [2.75, 3.05) is 61.4 Å². The first-order chi connectivity index (χ1) is 19.9. The van der Waals surface area contributed by atoms with Crippen molar-refractivity contribution in [2.45, 2.75) is 74.2 Å². The Morgan fingerprint density at radius 3 is 2.51 bits per heavy atom. The van der Waals surface area contributed by atoms with Crippen molar-refractivity contribution in [3.63, 3.8) is 0 Å². The summed E-state index contributed by atoms with van der Waals surface area (Å²) in [4.78, 5) is 17.5. The number of nitrogen functional groups attached to an aromatic ring is 1. The molecule has 5 aliphatic heterocycles. The lowest BCUT2D eigenvalue weighted by Gasteiger charge is -2.49. The molecule has 6 aliphatic rings. The molecule has 7 heterocycles. The number of piperazine rings is 1. The molecule has 41 heavy (non-hydrogen) atoms. The largest absolute Gasteiger partial charge is 0.461 e. The molecule has 5 fully saturated rings. The van der Waals surface area contributed by atoms with Crippen molar-refractivity contribution >= 4 is 28.0 Å². The normalized spacial score (nSPS) is 31.1. The van der Waals surface area contributed by atoms with Gasteiger partial charge < -0.3 is 25.6 Å². The topological polar surface area (TPSA) is 130 Å². The number of nitrogens with zero attached hydrogens (tertiary/aromatic N) is 7. The highest BCUT2D eigenvalue weighted by Gasteiger charge is 2.53. The van der Waals surface area contributed by atoms with Gasteiger partial charge in [0.1, 0.15) is 35.5 Å². The zero-order valence-electron chi connectivity index (χ0n) is 23.0. The van der Waals surface area contributed by atoms with Crippen LogP contribution in [0.25, 0.3) is 0 Å². The molecular weight excluding hydrogens is 541 g/mol. The summed E-state index contributed by atoms with van der Waals surface area (Å²) in [7, 11) is 0. The Labute approximate surface area is 242 Å². The summed E-state index contributed by atoms with van der Waals surface area (Å²) in [6.45, 7) is 4.62. The Balaban J connectivity index is 1.13. The van der Waals surface area contributed by atoms with Crippen LogP contribution >= 0.6 is 11.3 Å². The molecule has 1 aliphatic carbocycles. The molecular formula is C29H34FN9OS.